The predicted octanol–water partition coefficient (Wildman–Crippen LogP) is 3.21. The summed E-state index contributed by atoms with van der Waals surface area (Å²) in [6.07, 6.45) is 3.97. The van der Waals surface area contributed by atoms with Gasteiger partial charge < -0.3 is 10.1 Å². The van der Waals surface area contributed by atoms with Crippen molar-refractivity contribution in [3.05, 3.63) is 35.4 Å². The highest BCUT2D eigenvalue weighted by molar-refractivity contribution is 5.28. The zero-order valence-corrected chi connectivity index (χ0v) is 10.9. The molecule has 17 heavy (non-hydrogen) atoms. The summed E-state index contributed by atoms with van der Waals surface area (Å²) in [6.45, 7) is 6.30. The van der Waals surface area contributed by atoms with Gasteiger partial charge >= 0.3 is 0 Å². The molecule has 1 aliphatic rings. The molecular formula is C15H23NO. The van der Waals surface area contributed by atoms with Crippen molar-refractivity contribution in [1.82, 2.24) is 5.32 Å². The second-order valence-corrected chi connectivity index (χ2v) is 4.84. The van der Waals surface area contributed by atoms with Crippen molar-refractivity contribution in [3.63, 3.8) is 0 Å². The second-order valence-electron chi connectivity index (χ2n) is 4.84. The number of ether oxygens (including phenoxy) is 1. The van der Waals surface area contributed by atoms with E-state index in [-0.39, 0.29) is 0 Å². The van der Waals surface area contributed by atoms with Gasteiger partial charge in [-0.25, -0.2) is 0 Å². The third-order valence-corrected chi connectivity index (χ3v) is 3.54. The summed E-state index contributed by atoms with van der Waals surface area (Å²) in [7, 11) is 0. The fraction of sp³-hybridized carbons (Fsp3) is 0.600. The Morgan fingerprint density at radius 1 is 1.41 bits per heavy atom. The average molecular weight is 233 g/mol. The summed E-state index contributed by atoms with van der Waals surface area (Å²) >= 11 is 0. The monoisotopic (exact) mass is 233 g/mol. The van der Waals surface area contributed by atoms with Gasteiger partial charge in [-0.3, -0.25) is 0 Å². The van der Waals surface area contributed by atoms with Crippen molar-refractivity contribution in [2.75, 3.05) is 13.2 Å². The van der Waals surface area contributed by atoms with Crippen LogP contribution in [0, 0.1) is 6.92 Å². The SMILES string of the molecule is CCNC(CC1CCCO1)c1ccccc1C. The number of hydrogen-bond donors (Lipinski definition) is 1. The number of rotatable bonds is 5. The molecule has 1 heterocycles. The number of hydrogen-bond acceptors (Lipinski definition) is 2. The summed E-state index contributed by atoms with van der Waals surface area (Å²) in [5.41, 5.74) is 2.79. The van der Waals surface area contributed by atoms with Gasteiger partial charge in [0.15, 0.2) is 0 Å². The first-order chi connectivity index (χ1) is 8.31. The van der Waals surface area contributed by atoms with Crippen molar-refractivity contribution >= 4 is 0 Å². The molecule has 1 aliphatic heterocycles. The molecule has 0 bridgehead atoms. The predicted molar refractivity (Wildman–Crippen MR) is 71.2 cm³/mol. The minimum Gasteiger partial charge on any atom is -0.378 e. The quantitative estimate of drug-likeness (QED) is 0.843. The molecule has 2 rings (SSSR count). The Bertz CT molecular complexity index is 345. The first-order valence-corrected chi connectivity index (χ1v) is 6.71. The lowest BCUT2D eigenvalue weighted by atomic mass is 9.95. The van der Waals surface area contributed by atoms with Gasteiger partial charge in [0.2, 0.25) is 0 Å². The molecule has 1 N–H and O–H groups in total. The van der Waals surface area contributed by atoms with Crippen LogP contribution in [0.3, 0.4) is 0 Å². The lowest BCUT2D eigenvalue weighted by Gasteiger charge is -2.23. The first kappa shape index (κ1) is 12.6. The lowest BCUT2D eigenvalue weighted by Crippen LogP contribution is -2.25. The van der Waals surface area contributed by atoms with Gasteiger partial charge in [0.1, 0.15) is 0 Å². The first-order valence-electron chi connectivity index (χ1n) is 6.71. The number of nitrogens with one attached hydrogen (secondary N) is 1. The van der Waals surface area contributed by atoms with E-state index in [1.54, 1.807) is 0 Å². The van der Waals surface area contributed by atoms with Crippen LogP contribution < -0.4 is 5.32 Å². The van der Waals surface area contributed by atoms with Crippen molar-refractivity contribution in [3.8, 4) is 0 Å². The van der Waals surface area contributed by atoms with Crippen LogP contribution in [0.25, 0.3) is 0 Å². The Labute approximate surface area is 104 Å². The third kappa shape index (κ3) is 3.30. The van der Waals surface area contributed by atoms with E-state index in [0.29, 0.717) is 12.1 Å². The molecule has 0 saturated carbocycles. The van der Waals surface area contributed by atoms with Gasteiger partial charge in [-0.1, -0.05) is 31.2 Å². The molecule has 2 atom stereocenters. The van der Waals surface area contributed by atoms with Gasteiger partial charge in [-0.2, -0.15) is 0 Å². The van der Waals surface area contributed by atoms with Gasteiger partial charge in [-0.05, 0) is 43.9 Å². The highest BCUT2D eigenvalue weighted by Gasteiger charge is 2.22. The van der Waals surface area contributed by atoms with E-state index in [9.17, 15) is 0 Å². The summed E-state index contributed by atoms with van der Waals surface area (Å²) in [5, 5.41) is 3.59. The molecule has 2 unspecified atom stereocenters. The van der Waals surface area contributed by atoms with E-state index >= 15 is 0 Å². The molecule has 0 aliphatic carbocycles. The van der Waals surface area contributed by atoms with Gasteiger partial charge in [0.05, 0.1) is 6.10 Å². The molecule has 0 aromatic heterocycles. The molecule has 1 fully saturated rings. The zero-order valence-electron chi connectivity index (χ0n) is 10.9. The Morgan fingerprint density at radius 3 is 2.88 bits per heavy atom. The topological polar surface area (TPSA) is 21.3 Å². The third-order valence-electron chi connectivity index (χ3n) is 3.54. The number of aryl methyl sites for hydroxylation is 1. The van der Waals surface area contributed by atoms with E-state index in [0.717, 1.165) is 19.6 Å². The van der Waals surface area contributed by atoms with Crippen molar-refractivity contribution in [2.45, 2.75) is 45.3 Å². The largest absolute Gasteiger partial charge is 0.378 e. The van der Waals surface area contributed by atoms with E-state index in [1.807, 2.05) is 0 Å². The Kier molecular flexibility index (Phi) is 4.57. The van der Waals surface area contributed by atoms with Crippen molar-refractivity contribution in [2.24, 2.45) is 0 Å². The van der Waals surface area contributed by atoms with E-state index in [2.05, 4.69) is 43.4 Å². The maximum absolute atomic E-state index is 5.75. The highest BCUT2D eigenvalue weighted by atomic mass is 16.5. The van der Waals surface area contributed by atoms with Gasteiger partial charge in [0.25, 0.3) is 0 Å². The van der Waals surface area contributed by atoms with Crippen LogP contribution in [0.2, 0.25) is 0 Å². The Balaban J connectivity index is 2.08. The summed E-state index contributed by atoms with van der Waals surface area (Å²) in [4.78, 5) is 0. The van der Waals surface area contributed by atoms with Crippen LogP contribution in [0.15, 0.2) is 24.3 Å². The van der Waals surface area contributed by atoms with Crippen LogP contribution in [0.1, 0.15) is 43.4 Å². The van der Waals surface area contributed by atoms with Crippen LogP contribution in [-0.4, -0.2) is 19.3 Å². The average Bonchev–Trinajstić information content (AvgIpc) is 2.82. The minimum atomic E-state index is 0.435. The van der Waals surface area contributed by atoms with Crippen molar-refractivity contribution in [1.29, 1.82) is 0 Å². The van der Waals surface area contributed by atoms with Gasteiger partial charge in [-0.15, -0.1) is 0 Å². The molecule has 0 spiro atoms. The standard InChI is InChI=1S/C15H23NO/c1-3-16-15(11-13-8-6-10-17-13)14-9-5-4-7-12(14)2/h4-5,7,9,13,15-16H,3,6,8,10-11H2,1-2H3. The number of benzene rings is 1. The summed E-state index contributed by atoms with van der Waals surface area (Å²) in [6, 6.07) is 9.09. The van der Waals surface area contributed by atoms with Crippen LogP contribution in [0.5, 0.6) is 0 Å². The van der Waals surface area contributed by atoms with E-state index in [4.69, 9.17) is 4.74 Å². The summed E-state index contributed by atoms with van der Waals surface area (Å²) in [5.74, 6) is 0. The second kappa shape index (κ2) is 6.18. The van der Waals surface area contributed by atoms with Crippen LogP contribution in [0.4, 0.5) is 0 Å². The molecule has 1 aromatic carbocycles. The Morgan fingerprint density at radius 2 is 2.24 bits per heavy atom. The zero-order chi connectivity index (χ0) is 12.1. The molecular weight excluding hydrogens is 210 g/mol. The fourth-order valence-corrected chi connectivity index (χ4v) is 2.64. The van der Waals surface area contributed by atoms with Crippen molar-refractivity contribution < 1.29 is 4.74 Å². The maximum Gasteiger partial charge on any atom is 0.0594 e. The maximum atomic E-state index is 5.75. The van der Waals surface area contributed by atoms with E-state index < -0.39 is 0 Å². The van der Waals surface area contributed by atoms with E-state index in [1.165, 1.54) is 24.0 Å². The normalized spacial score (nSPS) is 21.6. The molecule has 94 valence electrons. The fourth-order valence-electron chi connectivity index (χ4n) is 2.64. The summed E-state index contributed by atoms with van der Waals surface area (Å²) < 4.78 is 5.75. The van der Waals surface area contributed by atoms with Gasteiger partial charge in [0, 0.05) is 12.6 Å². The van der Waals surface area contributed by atoms with Crippen LogP contribution >= 0.6 is 0 Å². The molecule has 1 saturated heterocycles. The smallest absolute Gasteiger partial charge is 0.0594 e. The molecule has 1 aromatic rings. The molecule has 2 nitrogen and oxygen atoms in total. The lowest BCUT2D eigenvalue weighted by molar-refractivity contribution is 0.0947. The highest BCUT2D eigenvalue weighted by Crippen LogP contribution is 2.26. The van der Waals surface area contributed by atoms with Crippen LogP contribution in [-0.2, 0) is 4.74 Å². The minimum absolute atomic E-state index is 0.435. The Hall–Kier alpha value is -0.860. The molecule has 0 radical (unpaired) electrons. The molecule has 0 amide bonds. The molecule has 2 heteroatoms.